The van der Waals surface area contributed by atoms with Gasteiger partial charge in [-0.05, 0) is 67.1 Å². The Morgan fingerprint density at radius 1 is 1.08 bits per heavy atom. The van der Waals surface area contributed by atoms with E-state index < -0.39 is 4.92 Å². The van der Waals surface area contributed by atoms with Crippen molar-refractivity contribution < 1.29 is 23.9 Å². The lowest BCUT2D eigenvalue weighted by atomic mass is 10.1. The van der Waals surface area contributed by atoms with Crippen molar-refractivity contribution in [2.24, 2.45) is 0 Å². The first-order chi connectivity index (χ1) is 17.4. The van der Waals surface area contributed by atoms with E-state index in [9.17, 15) is 14.9 Å². The molecule has 8 heteroatoms. The SMILES string of the molecule is COc1ccc(/C=C/C(=O)c2ccc(N3CCOCC3)cc2)cc1COc1ccc([N+](=O)[O-])c(C)c1. The first kappa shape index (κ1) is 24.9. The number of nitro benzene ring substituents is 1. The third kappa shape index (κ3) is 6.09. The van der Waals surface area contributed by atoms with Gasteiger partial charge >= 0.3 is 0 Å². The van der Waals surface area contributed by atoms with E-state index in [0.717, 1.165) is 29.9 Å². The van der Waals surface area contributed by atoms with Crippen LogP contribution in [0.15, 0.2) is 66.7 Å². The summed E-state index contributed by atoms with van der Waals surface area (Å²) in [6.45, 7) is 5.00. The summed E-state index contributed by atoms with van der Waals surface area (Å²) in [7, 11) is 1.58. The zero-order chi connectivity index (χ0) is 25.5. The fourth-order valence-corrected chi connectivity index (χ4v) is 4.02. The molecule has 1 saturated heterocycles. The molecule has 8 nitrogen and oxygen atoms in total. The summed E-state index contributed by atoms with van der Waals surface area (Å²) in [4.78, 5) is 25.6. The van der Waals surface area contributed by atoms with E-state index in [1.807, 2.05) is 42.5 Å². The van der Waals surface area contributed by atoms with Gasteiger partial charge in [-0.15, -0.1) is 0 Å². The third-order valence-corrected chi connectivity index (χ3v) is 6.02. The number of aryl methyl sites for hydroxylation is 1. The largest absolute Gasteiger partial charge is 0.496 e. The minimum atomic E-state index is -0.419. The molecule has 0 aliphatic carbocycles. The van der Waals surface area contributed by atoms with E-state index in [-0.39, 0.29) is 18.1 Å². The summed E-state index contributed by atoms with van der Waals surface area (Å²) in [6, 6.07) is 17.8. The number of rotatable bonds is 9. The lowest BCUT2D eigenvalue weighted by Gasteiger charge is -2.28. The fourth-order valence-electron chi connectivity index (χ4n) is 4.02. The molecule has 36 heavy (non-hydrogen) atoms. The lowest BCUT2D eigenvalue weighted by Crippen LogP contribution is -2.36. The van der Waals surface area contributed by atoms with Crippen LogP contribution in [-0.2, 0) is 11.3 Å². The van der Waals surface area contributed by atoms with Gasteiger partial charge in [-0.2, -0.15) is 0 Å². The maximum Gasteiger partial charge on any atom is 0.272 e. The zero-order valence-electron chi connectivity index (χ0n) is 20.3. The quantitative estimate of drug-likeness (QED) is 0.176. The average molecular weight is 489 g/mol. The first-order valence-corrected chi connectivity index (χ1v) is 11.6. The molecule has 3 aromatic rings. The van der Waals surface area contributed by atoms with Crippen molar-refractivity contribution in [2.75, 3.05) is 38.3 Å². The molecule has 3 aromatic carbocycles. The van der Waals surface area contributed by atoms with Gasteiger partial charge in [-0.3, -0.25) is 14.9 Å². The third-order valence-electron chi connectivity index (χ3n) is 6.02. The molecular formula is C28H28N2O6. The van der Waals surface area contributed by atoms with Crippen molar-refractivity contribution in [1.29, 1.82) is 0 Å². The average Bonchev–Trinajstić information content (AvgIpc) is 2.91. The number of ketones is 1. The Kier molecular flexibility index (Phi) is 7.97. The van der Waals surface area contributed by atoms with Crippen molar-refractivity contribution in [3.05, 3.63) is 99.1 Å². The molecule has 0 saturated carbocycles. The number of methoxy groups -OCH3 is 1. The highest BCUT2D eigenvalue weighted by atomic mass is 16.6. The van der Waals surface area contributed by atoms with Crippen molar-refractivity contribution in [2.45, 2.75) is 13.5 Å². The van der Waals surface area contributed by atoms with Crippen LogP contribution in [-0.4, -0.2) is 44.1 Å². The number of carbonyl (C=O) groups is 1. The van der Waals surface area contributed by atoms with Crippen LogP contribution in [0, 0.1) is 17.0 Å². The molecule has 1 aliphatic rings. The van der Waals surface area contributed by atoms with E-state index in [2.05, 4.69) is 4.90 Å². The van der Waals surface area contributed by atoms with E-state index in [4.69, 9.17) is 14.2 Å². The first-order valence-electron chi connectivity index (χ1n) is 11.6. The normalized spacial score (nSPS) is 13.6. The molecule has 0 atom stereocenters. The van der Waals surface area contributed by atoms with Crippen LogP contribution < -0.4 is 14.4 Å². The monoisotopic (exact) mass is 488 g/mol. The molecule has 186 valence electrons. The molecule has 0 aromatic heterocycles. The van der Waals surface area contributed by atoms with Gasteiger partial charge in [0.1, 0.15) is 18.1 Å². The van der Waals surface area contributed by atoms with Crippen molar-refractivity contribution in [3.8, 4) is 11.5 Å². The molecule has 1 fully saturated rings. The molecule has 0 spiro atoms. The summed E-state index contributed by atoms with van der Waals surface area (Å²) in [5, 5.41) is 11.0. The molecule has 0 radical (unpaired) electrons. The molecule has 0 N–H and O–H groups in total. The summed E-state index contributed by atoms with van der Waals surface area (Å²) < 4.78 is 16.7. The predicted molar refractivity (Wildman–Crippen MR) is 138 cm³/mol. The van der Waals surface area contributed by atoms with E-state index in [0.29, 0.717) is 35.8 Å². The lowest BCUT2D eigenvalue weighted by molar-refractivity contribution is -0.385. The van der Waals surface area contributed by atoms with Crippen LogP contribution in [0.2, 0.25) is 0 Å². The van der Waals surface area contributed by atoms with Gasteiger partial charge in [0, 0.05) is 41.5 Å². The fraction of sp³-hybridized carbons (Fsp3) is 0.250. The molecule has 0 bridgehead atoms. The second-order valence-corrected chi connectivity index (χ2v) is 8.41. The summed E-state index contributed by atoms with van der Waals surface area (Å²) in [6.07, 6.45) is 3.31. The van der Waals surface area contributed by atoms with Gasteiger partial charge in [0.15, 0.2) is 5.78 Å². The Labute approximate surface area is 209 Å². The van der Waals surface area contributed by atoms with Gasteiger partial charge in [-0.25, -0.2) is 0 Å². The molecule has 0 unspecified atom stereocenters. The van der Waals surface area contributed by atoms with Crippen LogP contribution in [0.4, 0.5) is 11.4 Å². The van der Waals surface area contributed by atoms with E-state index in [1.165, 1.54) is 6.07 Å². The molecule has 4 rings (SSSR count). The van der Waals surface area contributed by atoms with E-state index >= 15 is 0 Å². The van der Waals surface area contributed by atoms with Gasteiger partial charge in [0.2, 0.25) is 0 Å². The van der Waals surface area contributed by atoms with Crippen molar-refractivity contribution in [3.63, 3.8) is 0 Å². The second-order valence-electron chi connectivity index (χ2n) is 8.41. The highest BCUT2D eigenvalue weighted by molar-refractivity contribution is 6.07. The maximum atomic E-state index is 12.7. The minimum Gasteiger partial charge on any atom is -0.496 e. The van der Waals surface area contributed by atoms with Gasteiger partial charge in [-0.1, -0.05) is 12.1 Å². The molecule has 1 aliphatic heterocycles. The van der Waals surface area contributed by atoms with Crippen LogP contribution in [0.5, 0.6) is 11.5 Å². The number of benzene rings is 3. The zero-order valence-corrected chi connectivity index (χ0v) is 20.3. The number of anilines is 1. The van der Waals surface area contributed by atoms with Crippen molar-refractivity contribution >= 4 is 23.2 Å². The maximum absolute atomic E-state index is 12.7. The smallest absolute Gasteiger partial charge is 0.272 e. The second kappa shape index (κ2) is 11.5. The van der Waals surface area contributed by atoms with Crippen LogP contribution in [0.1, 0.15) is 27.0 Å². The van der Waals surface area contributed by atoms with Gasteiger partial charge < -0.3 is 19.1 Å². The Hall–Kier alpha value is -4.17. The Balaban J connectivity index is 1.42. The van der Waals surface area contributed by atoms with Gasteiger partial charge in [0.05, 0.1) is 25.2 Å². The summed E-state index contributed by atoms with van der Waals surface area (Å²) >= 11 is 0. The molecular weight excluding hydrogens is 460 g/mol. The predicted octanol–water partition coefficient (Wildman–Crippen LogP) is 5.22. The van der Waals surface area contributed by atoms with Crippen LogP contribution in [0.3, 0.4) is 0 Å². The number of hydrogen-bond donors (Lipinski definition) is 0. The van der Waals surface area contributed by atoms with E-state index in [1.54, 1.807) is 38.3 Å². The molecule has 1 heterocycles. The highest BCUT2D eigenvalue weighted by Gasteiger charge is 2.13. The Bertz CT molecular complexity index is 1260. The summed E-state index contributed by atoms with van der Waals surface area (Å²) in [5.74, 6) is 1.09. The minimum absolute atomic E-state index is 0.0486. The number of morpholine rings is 1. The number of ether oxygens (including phenoxy) is 3. The van der Waals surface area contributed by atoms with Gasteiger partial charge in [0.25, 0.3) is 5.69 Å². The van der Waals surface area contributed by atoms with Crippen molar-refractivity contribution in [1.82, 2.24) is 0 Å². The van der Waals surface area contributed by atoms with Crippen LogP contribution in [0.25, 0.3) is 6.08 Å². The standard InChI is InChI=1S/C28H28N2O6/c1-20-17-25(9-10-26(20)30(32)33)36-19-23-18-21(4-12-28(23)34-2)3-11-27(31)22-5-7-24(8-6-22)29-13-15-35-16-14-29/h3-12,17-18H,13-16,19H2,1-2H3/b11-3+. The number of nitrogens with zero attached hydrogens (tertiary/aromatic N) is 2. The summed E-state index contributed by atoms with van der Waals surface area (Å²) in [5.41, 5.74) is 3.89. The number of hydrogen-bond acceptors (Lipinski definition) is 7. The van der Waals surface area contributed by atoms with Crippen LogP contribution >= 0.6 is 0 Å². The number of nitro groups is 1. The highest BCUT2D eigenvalue weighted by Crippen LogP contribution is 2.26. The Morgan fingerprint density at radius 3 is 2.50 bits per heavy atom. The topological polar surface area (TPSA) is 91.1 Å². The number of allylic oxidation sites excluding steroid dienone is 1. The number of carbonyl (C=O) groups excluding carboxylic acids is 1. The Morgan fingerprint density at radius 2 is 1.83 bits per heavy atom. The molecule has 0 amide bonds.